The molecular formula is C29H31N3OSi. The van der Waals surface area contributed by atoms with Crippen LogP contribution in [0.25, 0.3) is 22.5 Å². The van der Waals surface area contributed by atoms with Crippen LogP contribution in [-0.2, 0) is 5.41 Å². The summed E-state index contributed by atoms with van der Waals surface area (Å²) < 4.78 is 0. The maximum absolute atomic E-state index is 10.7. The first-order valence-corrected chi connectivity index (χ1v) is 14.7. The van der Waals surface area contributed by atoms with Crippen LogP contribution < -0.4 is 15.4 Å². The second-order valence-electron chi connectivity index (χ2n) is 10.4. The van der Waals surface area contributed by atoms with E-state index >= 15 is 0 Å². The zero-order valence-corrected chi connectivity index (χ0v) is 21.7. The van der Waals surface area contributed by atoms with Gasteiger partial charge in [0.15, 0.2) is 0 Å². The van der Waals surface area contributed by atoms with Crippen molar-refractivity contribution in [2.24, 2.45) is 0 Å². The maximum Gasteiger partial charge on any atom is 0.135 e. The summed E-state index contributed by atoms with van der Waals surface area (Å²) in [6.45, 7) is 9.09. The Bertz CT molecular complexity index is 1410. The number of hydrogen-bond acceptors (Lipinski definition) is 4. The number of pyridine rings is 2. The van der Waals surface area contributed by atoms with Crippen LogP contribution in [0.2, 0.25) is 13.1 Å². The molecule has 5 heteroatoms. The second kappa shape index (κ2) is 7.81. The van der Waals surface area contributed by atoms with Crippen LogP contribution >= 0.6 is 0 Å². The Morgan fingerprint density at radius 3 is 2.41 bits per heavy atom. The highest BCUT2D eigenvalue weighted by Crippen LogP contribution is 2.51. The van der Waals surface area contributed by atoms with Gasteiger partial charge in [-0.25, -0.2) is 4.98 Å². The van der Waals surface area contributed by atoms with Crippen molar-refractivity contribution < 1.29 is 5.11 Å². The van der Waals surface area contributed by atoms with E-state index in [1.807, 2.05) is 18.3 Å². The normalized spacial score (nSPS) is 13.9. The summed E-state index contributed by atoms with van der Waals surface area (Å²) in [5.41, 5.74) is 7.03. The molecule has 4 nitrogen and oxygen atoms in total. The van der Waals surface area contributed by atoms with Gasteiger partial charge in [-0.15, -0.1) is 0 Å². The predicted molar refractivity (Wildman–Crippen MR) is 144 cm³/mol. The molecule has 4 aromatic rings. The van der Waals surface area contributed by atoms with E-state index in [-0.39, 0.29) is 5.41 Å². The Labute approximate surface area is 203 Å². The fraction of sp³-hybridized carbons (Fsp3) is 0.241. The lowest BCUT2D eigenvalue weighted by atomic mass is 9.83. The van der Waals surface area contributed by atoms with Gasteiger partial charge in [-0.05, 0) is 35.4 Å². The lowest BCUT2D eigenvalue weighted by Gasteiger charge is -2.24. The predicted octanol–water partition coefficient (Wildman–Crippen LogP) is 5.04. The Morgan fingerprint density at radius 1 is 0.882 bits per heavy atom. The van der Waals surface area contributed by atoms with Crippen molar-refractivity contribution >= 4 is 24.3 Å². The summed E-state index contributed by atoms with van der Waals surface area (Å²) in [5, 5.41) is 13.1. The monoisotopic (exact) mass is 465 g/mol. The molecule has 0 amide bonds. The Balaban J connectivity index is 1.59. The molecule has 0 spiro atoms. The topological polar surface area (TPSA) is 49.2 Å². The first-order valence-electron chi connectivity index (χ1n) is 11.7. The summed E-state index contributed by atoms with van der Waals surface area (Å²) >= 11 is 0. The number of anilines is 1. The summed E-state index contributed by atoms with van der Waals surface area (Å²) in [5.74, 6) is 0.295. The minimum Gasteiger partial charge on any atom is -0.507 e. The third-order valence-corrected chi connectivity index (χ3v) is 10.6. The van der Waals surface area contributed by atoms with E-state index in [0.717, 1.165) is 33.6 Å². The highest BCUT2D eigenvalue weighted by molar-refractivity contribution is 7.00. The molecule has 0 fully saturated rings. The second-order valence-corrected chi connectivity index (χ2v) is 14.8. The van der Waals surface area contributed by atoms with Crippen molar-refractivity contribution in [3.8, 4) is 28.3 Å². The average molecular weight is 466 g/mol. The quantitative estimate of drug-likeness (QED) is 0.429. The standard InChI is InChI=1S/C29H31N3OSi/c1-29(2)22-11-8-12-25(33)27(22)28-23(29)13-14-24(31-28)19-9-7-10-21(17-19)34(5,6)26-18-20(32(3)4)15-16-30-26/h7-18,33H,1-6H3. The molecule has 0 radical (unpaired) electrons. The van der Waals surface area contributed by atoms with Gasteiger partial charge in [0.05, 0.1) is 11.4 Å². The Kier molecular flexibility index (Phi) is 5.13. The van der Waals surface area contributed by atoms with E-state index < -0.39 is 8.07 Å². The van der Waals surface area contributed by atoms with Gasteiger partial charge >= 0.3 is 0 Å². The number of nitrogens with zero attached hydrogens (tertiary/aromatic N) is 3. The van der Waals surface area contributed by atoms with E-state index in [1.165, 1.54) is 16.2 Å². The zero-order valence-electron chi connectivity index (χ0n) is 20.7. The van der Waals surface area contributed by atoms with Crippen LogP contribution in [0.5, 0.6) is 5.75 Å². The molecule has 172 valence electrons. The van der Waals surface area contributed by atoms with Gasteiger partial charge in [0, 0.05) is 47.8 Å². The van der Waals surface area contributed by atoms with Crippen molar-refractivity contribution in [2.45, 2.75) is 32.4 Å². The van der Waals surface area contributed by atoms with Crippen LogP contribution in [0.15, 0.2) is 72.9 Å². The fourth-order valence-corrected chi connectivity index (χ4v) is 7.26. The van der Waals surface area contributed by atoms with Crippen molar-refractivity contribution in [2.75, 3.05) is 19.0 Å². The SMILES string of the molecule is CN(C)c1ccnc([Si](C)(C)c2cccc(-c3ccc4c(n3)-c3c(O)cccc3C4(C)C)c2)c1. The average Bonchev–Trinajstić information content (AvgIpc) is 3.06. The smallest absolute Gasteiger partial charge is 0.135 e. The highest BCUT2D eigenvalue weighted by atomic mass is 28.3. The minimum absolute atomic E-state index is 0.186. The van der Waals surface area contributed by atoms with Gasteiger partial charge < -0.3 is 10.0 Å². The van der Waals surface area contributed by atoms with Gasteiger partial charge in [0.25, 0.3) is 0 Å². The maximum atomic E-state index is 10.7. The lowest BCUT2D eigenvalue weighted by Crippen LogP contribution is -2.54. The molecule has 5 rings (SSSR count). The molecule has 1 aliphatic carbocycles. The largest absolute Gasteiger partial charge is 0.507 e. The molecule has 34 heavy (non-hydrogen) atoms. The van der Waals surface area contributed by atoms with E-state index in [2.05, 4.69) is 94.5 Å². The van der Waals surface area contributed by atoms with Crippen LogP contribution in [0.1, 0.15) is 25.0 Å². The number of benzene rings is 2. The number of rotatable bonds is 4. The van der Waals surface area contributed by atoms with Crippen LogP contribution in [-0.4, -0.2) is 37.2 Å². The molecular weight excluding hydrogens is 434 g/mol. The number of hydrogen-bond donors (Lipinski definition) is 1. The van der Waals surface area contributed by atoms with Gasteiger partial charge in [0.2, 0.25) is 0 Å². The molecule has 0 bridgehead atoms. The molecule has 0 atom stereocenters. The number of aromatic nitrogens is 2. The summed E-state index contributed by atoms with van der Waals surface area (Å²) in [6.07, 6.45) is 1.91. The van der Waals surface area contributed by atoms with Crippen molar-refractivity contribution in [1.82, 2.24) is 9.97 Å². The molecule has 2 aromatic carbocycles. The van der Waals surface area contributed by atoms with Crippen molar-refractivity contribution in [1.29, 1.82) is 0 Å². The number of fused-ring (bicyclic) bond motifs is 3. The first kappa shape index (κ1) is 22.4. The van der Waals surface area contributed by atoms with E-state index in [4.69, 9.17) is 9.97 Å². The van der Waals surface area contributed by atoms with Crippen LogP contribution in [0, 0.1) is 0 Å². The molecule has 2 heterocycles. The van der Waals surface area contributed by atoms with E-state index in [9.17, 15) is 5.11 Å². The summed E-state index contributed by atoms with van der Waals surface area (Å²) in [7, 11) is 2.11. The Hall–Kier alpha value is -3.44. The molecule has 0 unspecified atom stereocenters. The summed E-state index contributed by atoms with van der Waals surface area (Å²) in [6, 6.07) is 23.1. The number of aromatic hydroxyl groups is 1. The lowest BCUT2D eigenvalue weighted by molar-refractivity contribution is 0.476. The van der Waals surface area contributed by atoms with Crippen LogP contribution in [0.3, 0.4) is 0 Å². The molecule has 2 aromatic heterocycles. The molecule has 1 N–H and O–H groups in total. The Morgan fingerprint density at radius 2 is 1.65 bits per heavy atom. The highest BCUT2D eigenvalue weighted by Gasteiger charge is 2.38. The molecule has 1 aliphatic rings. The van der Waals surface area contributed by atoms with E-state index in [0.29, 0.717) is 5.75 Å². The van der Waals surface area contributed by atoms with Crippen LogP contribution in [0.4, 0.5) is 5.69 Å². The fourth-order valence-electron chi connectivity index (χ4n) is 5.02. The van der Waals surface area contributed by atoms with Crippen molar-refractivity contribution in [3.05, 3.63) is 84.1 Å². The summed E-state index contributed by atoms with van der Waals surface area (Å²) in [4.78, 5) is 12.0. The molecule has 0 aliphatic heterocycles. The third kappa shape index (κ3) is 3.43. The van der Waals surface area contributed by atoms with Gasteiger partial charge in [-0.3, -0.25) is 4.98 Å². The zero-order chi connectivity index (χ0) is 24.3. The number of phenolic OH excluding ortho intramolecular Hbond substituents is 1. The van der Waals surface area contributed by atoms with E-state index in [1.54, 1.807) is 6.07 Å². The third-order valence-electron chi connectivity index (χ3n) is 7.30. The van der Waals surface area contributed by atoms with Gasteiger partial charge in [-0.1, -0.05) is 74.6 Å². The molecule has 0 saturated carbocycles. The molecule has 0 saturated heterocycles. The van der Waals surface area contributed by atoms with Gasteiger partial charge in [0.1, 0.15) is 13.8 Å². The number of phenols is 1. The van der Waals surface area contributed by atoms with Crippen molar-refractivity contribution in [3.63, 3.8) is 0 Å². The minimum atomic E-state index is -2.01. The first-order chi connectivity index (χ1) is 16.1. The van der Waals surface area contributed by atoms with Gasteiger partial charge in [-0.2, -0.15) is 0 Å².